The summed E-state index contributed by atoms with van der Waals surface area (Å²) in [5.41, 5.74) is 2.37. The van der Waals surface area contributed by atoms with Gasteiger partial charge in [-0.2, -0.15) is 0 Å². The van der Waals surface area contributed by atoms with Crippen molar-refractivity contribution in [1.82, 2.24) is 4.57 Å². The van der Waals surface area contributed by atoms with E-state index in [2.05, 4.69) is 0 Å². The molecule has 2 aromatic rings. The van der Waals surface area contributed by atoms with E-state index in [-0.39, 0.29) is 23.5 Å². The molecule has 0 radical (unpaired) electrons. The second kappa shape index (κ2) is 9.80. The summed E-state index contributed by atoms with van der Waals surface area (Å²) in [6.45, 7) is 4.72. The zero-order valence-corrected chi connectivity index (χ0v) is 16.3. The lowest BCUT2D eigenvalue weighted by Gasteiger charge is -2.09. The fourth-order valence-corrected chi connectivity index (χ4v) is 3.06. The highest BCUT2D eigenvalue weighted by atomic mass is 16.6. The summed E-state index contributed by atoms with van der Waals surface area (Å²) in [5, 5.41) is 11.0. The van der Waals surface area contributed by atoms with Crippen LogP contribution in [0.2, 0.25) is 0 Å². The number of Topliss-reactive ketones (excluding diaryl/α,β-unsaturated/α-hetero) is 1. The van der Waals surface area contributed by atoms with E-state index in [9.17, 15) is 19.7 Å². The third kappa shape index (κ3) is 5.26. The summed E-state index contributed by atoms with van der Waals surface area (Å²) in [7, 11) is 1.64. The van der Waals surface area contributed by atoms with Crippen LogP contribution < -0.4 is 0 Å². The molecule has 0 spiro atoms. The largest absolute Gasteiger partial charge is 0.457 e. The smallest absolute Gasteiger partial charge is 0.310 e. The fourth-order valence-electron chi connectivity index (χ4n) is 3.06. The number of nitrogens with zero attached hydrogens (tertiary/aromatic N) is 2. The number of ketones is 1. The first-order valence-corrected chi connectivity index (χ1v) is 8.92. The molecule has 0 aliphatic carbocycles. The summed E-state index contributed by atoms with van der Waals surface area (Å²) in [4.78, 5) is 35.0. The lowest BCUT2D eigenvalue weighted by Crippen LogP contribution is -2.17. The predicted octanol–water partition coefficient (Wildman–Crippen LogP) is 3.02. The Morgan fingerprint density at radius 3 is 2.61 bits per heavy atom. The van der Waals surface area contributed by atoms with E-state index in [1.807, 2.05) is 18.4 Å². The summed E-state index contributed by atoms with van der Waals surface area (Å²) >= 11 is 0. The van der Waals surface area contributed by atoms with E-state index >= 15 is 0 Å². The van der Waals surface area contributed by atoms with Gasteiger partial charge >= 0.3 is 5.97 Å². The van der Waals surface area contributed by atoms with E-state index in [0.29, 0.717) is 12.2 Å². The lowest BCUT2D eigenvalue weighted by molar-refractivity contribution is -0.385. The Hall–Kier alpha value is -3.00. The molecule has 1 heterocycles. The lowest BCUT2D eigenvalue weighted by atomic mass is 10.1. The molecule has 2 rings (SSSR count). The molecule has 8 nitrogen and oxygen atoms in total. The Morgan fingerprint density at radius 1 is 1.21 bits per heavy atom. The van der Waals surface area contributed by atoms with Crippen LogP contribution in [-0.4, -0.2) is 41.6 Å². The maximum Gasteiger partial charge on any atom is 0.310 e. The number of carbonyl (C=O) groups is 2. The van der Waals surface area contributed by atoms with Crippen LogP contribution in [0, 0.1) is 24.0 Å². The molecule has 28 heavy (non-hydrogen) atoms. The highest BCUT2D eigenvalue weighted by molar-refractivity contribution is 5.99. The third-order valence-electron chi connectivity index (χ3n) is 4.49. The Balaban J connectivity index is 1.98. The maximum absolute atomic E-state index is 12.5. The molecule has 0 saturated carbocycles. The van der Waals surface area contributed by atoms with E-state index < -0.39 is 17.5 Å². The maximum atomic E-state index is 12.5. The Morgan fingerprint density at radius 2 is 1.93 bits per heavy atom. The summed E-state index contributed by atoms with van der Waals surface area (Å²) in [6, 6.07) is 7.74. The van der Waals surface area contributed by atoms with E-state index in [4.69, 9.17) is 9.47 Å². The van der Waals surface area contributed by atoms with E-state index in [1.54, 1.807) is 19.2 Å². The minimum absolute atomic E-state index is 0.148. The number of esters is 1. The van der Waals surface area contributed by atoms with Crippen molar-refractivity contribution in [3.8, 4) is 0 Å². The van der Waals surface area contributed by atoms with Crippen molar-refractivity contribution in [3.63, 3.8) is 0 Å². The van der Waals surface area contributed by atoms with Gasteiger partial charge in [-0.05, 0) is 26.3 Å². The molecule has 0 aliphatic rings. The Labute approximate surface area is 163 Å². The van der Waals surface area contributed by atoms with Gasteiger partial charge in [-0.3, -0.25) is 19.7 Å². The van der Waals surface area contributed by atoms with Crippen LogP contribution in [0.5, 0.6) is 0 Å². The highest BCUT2D eigenvalue weighted by Crippen LogP contribution is 2.19. The first-order chi connectivity index (χ1) is 13.3. The van der Waals surface area contributed by atoms with Crippen molar-refractivity contribution in [2.45, 2.75) is 33.2 Å². The number of aromatic nitrogens is 1. The number of hydrogen-bond donors (Lipinski definition) is 0. The van der Waals surface area contributed by atoms with Gasteiger partial charge in [0.25, 0.3) is 5.69 Å². The molecule has 0 atom stereocenters. The van der Waals surface area contributed by atoms with Crippen molar-refractivity contribution < 1.29 is 24.0 Å². The number of nitro benzene ring substituents is 1. The third-order valence-corrected chi connectivity index (χ3v) is 4.49. The topological polar surface area (TPSA) is 101 Å². The Kier molecular flexibility index (Phi) is 7.45. The number of para-hydroxylation sites is 1. The number of hydrogen-bond acceptors (Lipinski definition) is 6. The normalized spacial score (nSPS) is 10.7. The molecule has 0 aliphatic heterocycles. The number of aryl methyl sites for hydroxylation is 1. The second-order valence-corrected chi connectivity index (χ2v) is 6.43. The van der Waals surface area contributed by atoms with Gasteiger partial charge in [0.2, 0.25) is 5.78 Å². The summed E-state index contributed by atoms with van der Waals surface area (Å²) in [6.07, 6.45) is 0.561. The minimum atomic E-state index is -0.684. The molecular formula is C20H24N2O6. The molecule has 0 bridgehead atoms. The quantitative estimate of drug-likeness (QED) is 0.204. The molecule has 8 heteroatoms. The van der Waals surface area contributed by atoms with Crippen LogP contribution >= 0.6 is 0 Å². The van der Waals surface area contributed by atoms with Crippen molar-refractivity contribution in [2.75, 3.05) is 20.3 Å². The van der Waals surface area contributed by atoms with Crippen molar-refractivity contribution in [1.29, 1.82) is 0 Å². The number of rotatable bonds is 10. The van der Waals surface area contributed by atoms with E-state index in [0.717, 1.165) is 24.4 Å². The van der Waals surface area contributed by atoms with Crippen LogP contribution in [0.3, 0.4) is 0 Å². The molecule has 1 aromatic heterocycles. The predicted molar refractivity (Wildman–Crippen MR) is 102 cm³/mol. The minimum Gasteiger partial charge on any atom is -0.457 e. The Bertz CT molecular complexity index is 872. The molecule has 0 unspecified atom stereocenters. The summed E-state index contributed by atoms with van der Waals surface area (Å²) in [5.74, 6) is -0.987. The summed E-state index contributed by atoms with van der Waals surface area (Å²) < 4.78 is 12.1. The van der Waals surface area contributed by atoms with Crippen molar-refractivity contribution in [2.24, 2.45) is 0 Å². The van der Waals surface area contributed by atoms with Crippen LogP contribution in [0.15, 0.2) is 30.3 Å². The molecule has 0 saturated heterocycles. The second-order valence-electron chi connectivity index (χ2n) is 6.43. The van der Waals surface area contributed by atoms with Gasteiger partial charge in [0.05, 0.1) is 11.3 Å². The number of nitro groups is 1. The number of benzene rings is 1. The van der Waals surface area contributed by atoms with Gasteiger partial charge in [0.15, 0.2) is 6.61 Å². The molecule has 0 amide bonds. The van der Waals surface area contributed by atoms with Gasteiger partial charge in [0.1, 0.15) is 0 Å². The molecular weight excluding hydrogens is 364 g/mol. The van der Waals surface area contributed by atoms with Crippen LogP contribution in [0.25, 0.3) is 0 Å². The number of methoxy groups -OCH3 is 1. The van der Waals surface area contributed by atoms with Crippen LogP contribution in [0.1, 0.15) is 33.7 Å². The van der Waals surface area contributed by atoms with Gasteiger partial charge in [0, 0.05) is 48.8 Å². The van der Waals surface area contributed by atoms with E-state index in [1.165, 1.54) is 18.2 Å². The molecule has 150 valence electrons. The van der Waals surface area contributed by atoms with Crippen molar-refractivity contribution in [3.05, 3.63) is 63.0 Å². The van der Waals surface area contributed by atoms with Crippen LogP contribution in [0.4, 0.5) is 5.69 Å². The van der Waals surface area contributed by atoms with Gasteiger partial charge < -0.3 is 14.0 Å². The average molecular weight is 388 g/mol. The van der Waals surface area contributed by atoms with Gasteiger partial charge in [-0.25, -0.2) is 0 Å². The first-order valence-electron chi connectivity index (χ1n) is 8.92. The zero-order chi connectivity index (χ0) is 20.7. The number of carbonyl (C=O) groups excluding carboxylic acids is 2. The highest BCUT2D eigenvalue weighted by Gasteiger charge is 2.19. The number of ether oxygens (including phenoxy) is 2. The van der Waals surface area contributed by atoms with Crippen molar-refractivity contribution >= 4 is 17.4 Å². The average Bonchev–Trinajstić information content (AvgIpc) is 2.95. The first kappa shape index (κ1) is 21.3. The SMILES string of the molecule is COCCCn1c(C)cc(C(=O)COC(=O)Cc2ccccc2[N+](=O)[O-])c1C. The monoisotopic (exact) mass is 388 g/mol. The van der Waals surface area contributed by atoms with Gasteiger partial charge in [-0.1, -0.05) is 18.2 Å². The fraction of sp³-hybridized carbons (Fsp3) is 0.400. The van der Waals surface area contributed by atoms with Crippen LogP contribution in [-0.2, 0) is 27.2 Å². The standard InChI is InChI=1S/C20H24N2O6/c1-14-11-17(15(2)21(14)9-6-10-27-3)19(23)13-28-20(24)12-16-7-4-5-8-18(16)22(25)26/h4-5,7-8,11H,6,9-10,12-13H2,1-3H3. The molecule has 1 aromatic carbocycles. The molecule has 0 N–H and O–H groups in total. The molecule has 0 fully saturated rings. The van der Waals surface area contributed by atoms with Gasteiger partial charge in [-0.15, -0.1) is 0 Å². The zero-order valence-electron chi connectivity index (χ0n) is 16.3.